The molecule has 1 aromatic carbocycles. The summed E-state index contributed by atoms with van der Waals surface area (Å²) in [7, 11) is 1.86. The van der Waals surface area contributed by atoms with Gasteiger partial charge in [-0.1, -0.05) is 12.1 Å². The van der Waals surface area contributed by atoms with E-state index in [2.05, 4.69) is 5.32 Å². The Morgan fingerprint density at radius 2 is 2.00 bits per heavy atom. The Hall–Kier alpha value is -1.02. The highest BCUT2D eigenvalue weighted by atomic mass is 16.3. The third kappa shape index (κ3) is 1.98. The summed E-state index contributed by atoms with van der Waals surface area (Å²) in [5, 5.41) is 12.7. The van der Waals surface area contributed by atoms with Gasteiger partial charge in [0.1, 0.15) is 0 Å². The van der Waals surface area contributed by atoms with E-state index in [1.807, 2.05) is 31.3 Å². The molecule has 2 N–H and O–H groups in total. The molecule has 0 aliphatic rings. The normalized spacial score (nSPS) is 11.3. The zero-order valence-corrected chi connectivity index (χ0v) is 7.76. The maximum Gasteiger partial charge on any atom is 0.0841 e. The van der Waals surface area contributed by atoms with E-state index >= 15 is 0 Å². The Morgan fingerprint density at radius 1 is 1.33 bits per heavy atom. The molecule has 66 valence electrons. The van der Waals surface area contributed by atoms with Crippen molar-refractivity contribution in [2.75, 3.05) is 12.4 Å². The van der Waals surface area contributed by atoms with Crippen LogP contribution in [0.25, 0.3) is 0 Å². The van der Waals surface area contributed by atoms with Crippen molar-refractivity contribution in [3.63, 3.8) is 0 Å². The first-order valence-electron chi connectivity index (χ1n) is 4.04. The molecule has 0 saturated heterocycles. The van der Waals surface area contributed by atoms with Gasteiger partial charge in [-0.15, -0.1) is 0 Å². The van der Waals surface area contributed by atoms with Crippen LogP contribution in [0.3, 0.4) is 0 Å². The molecule has 0 saturated carbocycles. The van der Waals surface area contributed by atoms with Crippen molar-refractivity contribution >= 4 is 5.69 Å². The molecule has 0 heterocycles. The minimum Gasteiger partial charge on any atom is -0.388 e. The topological polar surface area (TPSA) is 32.3 Å². The predicted octanol–water partition coefficient (Wildman–Crippen LogP) is 1.96. The van der Waals surface area contributed by atoms with Gasteiger partial charge >= 0.3 is 0 Å². The average molecular weight is 165 g/mol. The van der Waals surface area contributed by atoms with E-state index in [-0.39, 0.29) is 0 Å². The first-order chi connectivity index (χ1) is 5.54. The molecule has 0 unspecified atom stereocenters. The van der Waals surface area contributed by atoms with Crippen molar-refractivity contribution in [1.82, 2.24) is 0 Å². The first kappa shape index (κ1) is 9.07. The first-order valence-corrected chi connectivity index (χ1v) is 4.04. The molecule has 1 aromatic rings. The van der Waals surface area contributed by atoms with E-state index in [0.29, 0.717) is 0 Å². The highest BCUT2D eigenvalue weighted by Crippen LogP contribution is 2.21. The Labute approximate surface area is 73.2 Å². The maximum absolute atomic E-state index is 9.68. The van der Waals surface area contributed by atoms with Gasteiger partial charge in [-0.05, 0) is 31.5 Å². The van der Waals surface area contributed by atoms with Gasteiger partial charge in [0.05, 0.1) is 5.60 Å². The number of nitrogens with one attached hydrogen (secondary N) is 1. The lowest BCUT2D eigenvalue weighted by Crippen LogP contribution is -2.15. The second kappa shape index (κ2) is 3.15. The largest absolute Gasteiger partial charge is 0.388 e. The number of hydrogen-bond acceptors (Lipinski definition) is 2. The quantitative estimate of drug-likeness (QED) is 0.702. The SMILES string of the molecule is CNc1cccc(C(C)(C)O)c1. The third-order valence-electron chi connectivity index (χ3n) is 1.86. The van der Waals surface area contributed by atoms with Crippen LogP contribution in [0.5, 0.6) is 0 Å². The Balaban J connectivity index is 3.02. The lowest BCUT2D eigenvalue weighted by Gasteiger charge is -2.18. The molecule has 0 bridgehead atoms. The minimum absolute atomic E-state index is 0.757. The molecular weight excluding hydrogens is 150 g/mol. The summed E-state index contributed by atoms with van der Waals surface area (Å²) >= 11 is 0. The lowest BCUT2D eigenvalue weighted by atomic mass is 9.98. The van der Waals surface area contributed by atoms with Gasteiger partial charge in [0.2, 0.25) is 0 Å². The van der Waals surface area contributed by atoms with Crippen molar-refractivity contribution in [2.45, 2.75) is 19.4 Å². The van der Waals surface area contributed by atoms with Crippen LogP contribution < -0.4 is 5.32 Å². The van der Waals surface area contributed by atoms with E-state index in [1.165, 1.54) is 0 Å². The molecule has 2 heteroatoms. The van der Waals surface area contributed by atoms with Crippen LogP contribution in [0.1, 0.15) is 19.4 Å². The van der Waals surface area contributed by atoms with Crippen molar-refractivity contribution in [3.05, 3.63) is 29.8 Å². The fourth-order valence-electron chi connectivity index (χ4n) is 1.06. The fraction of sp³-hybridized carbons (Fsp3) is 0.400. The van der Waals surface area contributed by atoms with Crippen molar-refractivity contribution in [2.24, 2.45) is 0 Å². The highest BCUT2D eigenvalue weighted by Gasteiger charge is 2.15. The van der Waals surface area contributed by atoms with Crippen LogP contribution in [0, 0.1) is 0 Å². The number of anilines is 1. The van der Waals surface area contributed by atoms with Crippen LogP contribution >= 0.6 is 0 Å². The van der Waals surface area contributed by atoms with Crippen LogP contribution in [0.15, 0.2) is 24.3 Å². The van der Waals surface area contributed by atoms with Crippen molar-refractivity contribution in [3.8, 4) is 0 Å². The van der Waals surface area contributed by atoms with Crippen LogP contribution in [-0.4, -0.2) is 12.2 Å². The van der Waals surface area contributed by atoms with Gasteiger partial charge in [-0.25, -0.2) is 0 Å². The molecule has 12 heavy (non-hydrogen) atoms. The molecule has 0 atom stereocenters. The summed E-state index contributed by atoms with van der Waals surface area (Å²) in [6.45, 7) is 3.56. The van der Waals surface area contributed by atoms with E-state index in [9.17, 15) is 5.11 Å². The molecule has 0 aliphatic heterocycles. The standard InChI is InChI=1S/C10H15NO/c1-10(2,12)8-5-4-6-9(7-8)11-3/h4-7,11-12H,1-3H3. The molecule has 0 aliphatic carbocycles. The monoisotopic (exact) mass is 165 g/mol. The van der Waals surface area contributed by atoms with Crippen molar-refractivity contribution in [1.29, 1.82) is 0 Å². The second-order valence-corrected chi connectivity index (χ2v) is 3.39. The van der Waals surface area contributed by atoms with E-state index < -0.39 is 5.60 Å². The highest BCUT2D eigenvalue weighted by molar-refractivity contribution is 5.46. The van der Waals surface area contributed by atoms with Gasteiger partial charge in [-0.3, -0.25) is 0 Å². The molecule has 0 amide bonds. The Morgan fingerprint density at radius 3 is 2.50 bits per heavy atom. The number of hydrogen-bond donors (Lipinski definition) is 2. The Kier molecular flexibility index (Phi) is 2.38. The summed E-state index contributed by atoms with van der Waals surface area (Å²) in [6.07, 6.45) is 0. The van der Waals surface area contributed by atoms with E-state index in [0.717, 1.165) is 11.3 Å². The molecule has 0 fully saturated rings. The summed E-state index contributed by atoms with van der Waals surface area (Å²) in [6, 6.07) is 7.76. The number of benzene rings is 1. The summed E-state index contributed by atoms with van der Waals surface area (Å²) in [5.41, 5.74) is 1.19. The molecule has 0 spiro atoms. The Bertz CT molecular complexity index is 263. The predicted molar refractivity (Wildman–Crippen MR) is 51.2 cm³/mol. The number of aliphatic hydroxyl groups is 1. The van der Waals surface area contributed by atoms with E-state index in [1.54, 1.807) is 13.8 Å². The molecule has 1 rings (SSSR count). The fourth-order valence-corrected chi connectivity index (χ4v) is 1.06. The van der Waals surface area contributed by atoms with Crippen LogP contribution in [0.4, 0.5) is 5.69 Å². The molecular formula is C10H15NO. The summed E-state index contributed by atoms with van der Waals surface area (Å²) in [5.74, 6) is 0. The zero-order valence-electron chi connectivity index (χ0n) is 7.76. The van der Waals surface area contributed by atoms with Gasteiger partial charge in [0, 0.05) is 12.7 Å². The van der Waals surface area contributed by atoms with Crippen molar-refractivity contribution < 1.29 is 5.11 Å². The molecule has 0 aromatic heterocycles. The number of rotatable bonds is 2. The third-order valence-corrected chi connectivity index (χ3v) is 1.86. The van der Waals surface area contributed by atoms with Gasteiger partial charge in [0.15, 0.2) is 0 Å². The summed E-state index contributed by atoms with van der Waals surface area (Å²) < 4.78 is 0. The van der Waals surface area contributed by atoms with Gasteiger partial charge < -0.3 is 10.4 Å². The average Bonchev–Trinajstić information content (AvgIpc) is 2.03. The lowest BCUT2D eigenvalue weighted by molar-refractivity contribution is 0.0786. The zero-order chi connectivity index (χ0) is 9.19. The molecule has 0 radical (unpaired) electrons. The van der Waals surface area contributed by atoms with Crippen LogP contribution in [0.2, 0.25) is 0 Å². The van der Waals surface area contributed by atoms with E-state index in [4.69, 9.17) is 0 Å². The maximum atomic E-state index is 9.68. The minimum atomic E-state index is -0.757. The van der Waals surface area contributed by atoms with Gasteiger partial charge in [-0.2, -0.15) is 0 Å². The smallest absolute Gasteiger partial charge is 0.0841 e. The van der Waals surface area contributed by atoms with Gasteiger partial charge in [0.25, 0.3) is 0 Å². The molecule has 2 nitrogen and oxygen atoms in total. The summed E-state index contributed by atoms with van der Waals surface area (Å²) in [4.78, 5) is 0. The van der Waals surface area contributed by atoms with Crippen LogP contribution in [-0.2, 0) is 5.60 Å². The second-order valence-electron chi connectivity index (χ2n) is 3.39.